The molecule has 1 aliphatic rings. The molecule has 0 saturated carbocycles. The minimum atomic E-state index is -0.141. The molecule has 0 bridgehead atoms. The second-order valence-electron chi connectivity index (χ2n) is 5.08. The largest absolute Gasteiger partial charge is 0.493 e. The first-order valence-corrected chi connectivity index (χ1v) is 9.74. The third kappa shape index (κ3) is 4.03. The van der Waals surface area contributed by atoms with Gasteiger partial charge in [0.25, 0.3) is 5.91 Å². The molecular weight excluding hydrogens is 326 g/mol. The number of benzene rings is 2. The van der Waals surface area contributed by atoms with Crippen molar-refractivity contribution in [2.24, 2.45) is 0 Å². The van der Waals surface area contributed by atoms with E-state index in [0.717, 1.165) is 5.69 Å². The molecule has 1 fully saturated rings. The Morgan fingerprint density at radius 1 is 1.17 bits per heavy atom. The fourth-order valence-corrected chi connectivity index (χ4v) is 5.29. The molecule has 1 aliphatic heterocycles. The zero-order valence-electron chi connectivity index (χ0n) is 13.0. The Balaban J connectivity index is 1.76. The van der Waals surface area contributed by atoms with Gasteiger partial charge in [-0.15, -0.1) is 23.5 Å². The molecule has 0 spiro atoms. The van der Waals surface area contributed by atoms with E-state index in [-0.39, 0.29) is 5.91 Å². The summed E-state index contributed by atoms with van der Waals surface area (Å²) < 4.78 is 6.01. The number of hydrogen-bond donors (Lipinski definition) is 1. The zero-order valence-corrected chi connectivity index (χ0v) is 14.6. The summed E-state index contributed by atoms with van der Waals surface area (Å²) in [6, 6.07) is 15.4. The lowest BCUT2D eigenvalue weighted by molar-refractivity contribution is 0.102. The number of para-hydroxylation sites is 1. The van der Waals surface area contributed by atoms with Crippen molar-refractivity contribution in [3.63, 3.8) is 0 Å². The van der Waals surface area contributed by atoms with E-state index < -0.39 is 0 Å². The van der Waals surface area contributed by atoms with E-state index in [2.05, 4.69) is 17.4 Å². The van der Waals surface area contributed by atoms with Crippen LogP contribution < -0.4 is 10.1 Å². The fourth-order valence-electron chi connectivity index (χ4n) is 2.45. The predicted molar refractivity (Wildman–Crippen MR) is 99.7 cm³/mol. The number of rotatable bonds is 5. The molecule has 3 nitrogen and oxygen atoms in total. The standard InChI is InChI=1S/C18H19NO2S2/c1-2-21-16-9-4-3-8-15(16)17(20)19-14-7-5-6-13(12-14)18-22-10-11-23-18/h3-9,12,18H,2,10-11H2,1H3,(H,19,20). The van der Waals surface area contributed by atoms with Crippen LogP contribution in [0.15, 0.2) is 48.5 Å². The molecule has 1 amide bonds. The second kappa shape index (κ2) is 7.79. The Labute approximate surface area is 145 Å². The van der Waals surface area contributed by atoms with Gasteiger partial charge in [-0.2, -0.15) is 0 Å². The molecule has 0 radical (unpaired) electrons. The maximum Gasteiger partial charge on any atom is 0.259 e. The van der Waals surface area contributed by atoms with Crippen LogP contribution in [0.2, 0.25) is 0 Å². The summed E-state index contributed by atoms with van der Waals surface area (Å²) in [5, 5.41) is 2.98. The highest BCUT2D eigenvalue weighted by Gasteiger charge is 2.19. The van der Waals surface area contributed by atoms with E-state index in [1.807, 2.05) is 60.8 Å². The highest BCUT2D eigenvalue weighted by Crippen LogP contribution is 2.45. The van der Waals surface area contributed by atoms with Crippen molar-refractivity contribution in [3.8, 4) is 5.75 Å². The van der Waals surface area contributed by atoms with Crippen LogP contribution in [-0.2, 0) is 0 Å². The van der Waals surface area contributed by atoms with Crippen molar-refractivity contribution in [2.45, 2.75) is 11.5 Å². The average molecular weight is 345 g/mol. The number of hydrogen-bond acceptors (Lipinski definition) is 4. The highest BCUT2D eigenvalue weighted by atomic mass is 32.2. The smallest absolute Gasteiger partial charge is 0.259 e. The maximum absolute atomic E-state index is 12.5. The van der Waals surface area contributed by atoms with E-state index in [4.69, 9.17) is 4.74 Å². The average Bonchev–Trinajstić information content (AvgIpc) is 3.10. The predicted octanol–water partition coefficient (Wildman–Crippen LogP) is 4.82. The lowest BCUT2D eigenvalue weighted by Crippen LogP contribution is -2.13. The van der Waals surface area contributed by atoms with E-state index in [9.17, 15) is 4.79 Å². The van der Waals surface area contributed by atoms with Gasteiger partial charge in [-0.25, -0.2) is 0 Å². The lowest BCUT2D eigenvalue weighted by Gasteiger charge is -2.13. The van der Waals surface area contributed by atoms with E-state index in [0.29, 0.717) is 22.5 Å². The van der Waals surface area contributed by atoms with Gasteiger partial charge in [0.1, 0.15) is 5.75 Å². The molecule has 1 N–H and O–H groups in total. The molecule has 0 atom stereocenters. The first-order valence-electron chi connectivity index (χ1n) is 7.64. The van der Waals surface area contributed by atoms with Gasteiger partial charge in [-0.3, -0.25) is 4.79 Å². The van der Waals surface area contributed by atoms with Gasteiger partial charge in [0.05, 0.1) is 16.8 Å². The van der Waals surface area contributed by atoms with Gasteiger partial charge in [0.15, 0.2) is 0 Å². The molecule has 5 heteroatoms. The van der Waals surface area contributed by atoms with Crippen LogP contribution in [-0.4, -0.2) is 24.0 Å². The van der Waals surface area contributed by atoms with Crippen LogP contribution in [0.1, 0.15) is 27.4 Å². The fraction of sp³-hybridized carbons (Fsp3) is 0.278. The first kappa shape index (κ1) is 16.3. The second-order valence-corrected chi connectivity index (χ2v) is 7.81. The minimum absolute atomic E-state index is 0.141. The Morgan fingerprint density at radius 3 is 2.74 bits per heavy atom. The number of carbonyl (C=O) groups is 1. The monoisotopic (exact) mass is 345 g/mol. The minimum Gasteiger partial charge on any atom is -0.493 e. The Morgan fingerprint density at radius 2 is 1.96 bits per heavy atom. The molecule has 0 aromatic heterocycles. The summed E-state index contributed by atoms with van der Waals surface area (Å²) in [5.41, 5.74) is 2.64. The normalized spacial score (nSPS) is 14.7. The molecule has 120 valence electrons. The molecular formula is C18H19NO2S2. The highest BCUT2D eigenvalue weighted by molar-refractivity contribution is 8.19. The third-order valence-corrected chi connectivity index (χ3v) is 6.57. The van der Waals surface area contributed by atoms with Gasteiger partial charge in [0.2, 0.25) is 0 Å². The Kier molecular flexibility index (Phi) is 5.51. The molecule has 0 aliphatic carbocycles. The van der Waals surface area contributed by atoms with Crippen molar-refractivity contribution in [1.82, 2.24) is 0 Å². The Hall–Kier alpha value is -1.59. The lowest BCUT2D eigenvalue weighted by atomic mass is 10.1. The molecule has 2 aromatic rings. The van der Waals surface area contributed by atoms with Crippen molar-refractivity contribution in [2.75, 3.05) is 23.4 Å². The van der Waals surface area contributed by atoms with Crippen LogP contribution in [0.4, 0.5) is 5.69 Å². The summed E-state index contributed by atoms with van der Waals surface area (Å²) in [7, 11) is 0. The van der Waals surface area contributed by atoms with Crippen LogP contribution >= 0.6 is 23.5 Å². The number of ether oxygens (including phenoxy) is 1. The van der Waals surface area contributed by atoms with Crippen LogP contribution in [0, 0.1) is 0 Å². The van der Waals surface area contributed by atoms with Crippen molar-refractivity contribution in [3.05, 3.63) is 59.7 Å². The molecule has 23 heavy (non-hydrogen) atoms. The van der Waals surface area contributed by atoms with Gasteiger partial charge in [-0.1, -0.05) is 24.3 Å². The van der Waals surface area contributed by atoms with E-state index >= 15 is 0 Å². The molecule has 1 saturated heterocycles. The topological polar surface area (TPSA) is 38.3 Å². The van der Waals surface area contributed by atoms with Crippen LogP contribution in [0.25, 0.3) is 0 Å². The van der Waals surface area contributed by atoms with Crippen LogP contribution in [0.5, 0.6) is 5.75 Å². The van der Waals surface area contributed by atoms with Gasteiger partial charge < -0.3 is 10.1 Å². The molecule has 1 heterocycles. The molecule has 3 rings (SSSR count). The Bertz CT molecular complexity index is 684. The third-order valence-electron chi connectivity index (χ3n) is 3.47. The van der Waals surface area contributed by atoms with Crippen molar-refractivity contribution in [1.29, 1.82) is 0 Å². The SMILES string of the molecule is CCOc1ccccc1C(=O)Nc1cccc(C2SCCS2)c1. The summed E-state index contributed by atoms with van der Waals surface area (Å²) in [6.45, 7) is 2.45. The zero-order chi connectivity index (χ0) is 16.1. The summed E-state index contributed by atoms with van der Waals surface area (Å²) in [4.78, 5) is 12.5. The number of anilines is 1. The van der Waals surface area contributed by atoms with Crippen molar-refractivity contribution >= 4 is 35.1 Å². The van der Waals surface area contributed by atoms with Crippen LogP contribution in [0.3, 0.4) is 0 Å². The number of nitrogens with one attached hydrogen (secondary N) is 1. The molecule has 0 unspecified atom stereocenters. The first-order chi connectivity index (χ1) is 11.3. The van der Waals surface area contributed by atoms with E-state index in [1.54, 1.807) is 6.07 Å². The quantitative estimate of drug-likeness (QED) is 0.843. The van der Waals surface area contributed by atoms with Crippen molar-refractivity contribution < 1.29 is 9.53 Å². The van der Waals surface area contributed by atoms with Gasteiger partial charge in [-0.05, 0) is 36.8 Å². The number of carbonyl (C=O) groups excluding carboxylic acids is 1. The number of amides is 1. The molecule has 2 aromatic carbocycles. The summed E-state index contributed by atoms with van der Waals surface area (Å²) >= 11 is 3.92. The number of thioether (sulfide) groups is 2. The van der Waals surface area contributed by atoms with Gasteiger partial charge >= 0.3 is 0 Å². The summed E-state index contributed by atoms with van der Waals surface area (Å²) in [6.07, 6.45) is 0. The summed E-state index contributed by atoms with van der Waals surface area (Å²) in [5.74, 6) is 2.85. The van der Waals surface area contributed by atoms with E-state index in [1.165, 1.54) is 17.1 Å². The maximum atomic E-state index is 12.5. The van der Waals surface area contributed by atoms with Gasteiger partial charge in [0, 0.05) is 17.2 Å².